The van der Waals surface area contributed by atoms with Gasteiger partial charge in [-0.2, -0.15) is 0 Å². The van der Waals surface area contributed by atoms with Crippen LogP contribution in [0.2, 0.25) is 0 Å². The van der Waals surface area contributed by atoms with Gasteiger partial charge < -0.3 is 20.6 Å². The molecule has 0 bridgehead atoms. The predicted octanol–water partition coefficient (Wildman–Crippen LogP) is 1.76. The number of piperidine rings is 1. The summed E-state index contributed by atoms with van der Waals surface area (Å²) >= 11 is 0. The van der Waals surface area contributed by atoms with E-state index in [2.05, 4.69) is 32.7 Å². The SMILES string of the molecule is CCC(CO)NC(=O)NCCC1CCN(c2ccncc2)CC1. The van der Waals surface area contributed by atoms with Gasteiger partial charge in [-0.1, -0.05) is 6.92 Å². The number of carbonyl (C=O) groups is 1. The van der Waals surface area contributed by atoms with Crippen molar-refractivity contribution in [2.75, 3.05) is 31.1 Å². The molecule has 1 aromatic heterocycles. The molecule has 0 aromatic carbocycles. The molecular formula is C17H28N4O2. The van der Waals surface area contributed by atoms with E-state index < -0.39 is 0 Å². The van der Waals surface area contributed by atoms with Gasteiger partial charge in [0, 0.05) is 37.7 Å². The summed E-state index contributed by atoms with van der Waals surface area (Å²) in [6.45, 7) is 4.73. The maximum absolute atomic E-state index is 11.7. The number of nitrogens with one attached hydrogen (secondary N) is 2. The number of aromatic nitrogens is 1. The number of aliphatic hydroxyl groups excluding tert-OH is 1. The first-order chi connectivity index (χ1) is 11.2. The number of pyridine rings is 1. The molecule has 1 fully saturated rings. The number of carbonyl (C=O) groups excluding carboxylic acids is 1. The van der Waals surface area contributed by atoms with Crippen molar-refractivity contribution in [2.24, 2.45) is 5.92 Å². The van der Waals surface area contributed by atoms with Crippen molar-refractivity contribution in [1.29, 1.82) is 0 Å². The highest BCUT2D eigenvalue weighted by molar-refractivity contribution is 5.74. The number of nitrogens with zero attached hydrogens (tertiary/aromatic N) is 2. The quantitative estimate of drug-likeness (QED) is 0.715. The van der Waals surface area contributed by atoms with E-state index in [0.717, 1.165) is 38.8 Å². The highest BCUT2D eigenvalue weighted by atomic mass is 16.3. The van der Waals surface area contributed by atoms with Crippen LogP contribution in [-0.2, 0) is 0 Å². The molecule has 2 amide bonds. The fourth-order valence-corrected chi connectivity index (χ4v) is 2.94. The lowest BCUT2D eigenvalue weighted by Crippen LogP contribution is -2.44. The number of anilines is 1. The lowest BCUT2D eigenvalue weighted by molar-refractivity contribution is 0.213. The number of rotatable bonds is 7. The van der Waals surface area contributed by atoms with Crippen LogP contribution in [0, 0.1) is 5.92 Å². The number of urea groups is 1. The van der Waals surface area contributed by atoms with Crippen LogP contribution in [-0.4, -0.2) is 48.4 Å². The van der Waals surface area contributed by atoms with Crippen LogP contribution in [0.25, 0.3) is 0 Å². The molecule has 0 saturated carbocycles. The molecular weight excluding hydrogens is 292 g/mol. The van der Waals surface area contributed by atoms with Crippen molar-refractivity contribution in [3.05, 3.63) is 24.5 Å². The second-order valence-corrected chi connectivity index (χ2v) is 6.11. The van der Waals surface area contributed by atoms with Crippen LogP contribution in [0.3, 0.4) is 0 Å². The molecule has 1 aromatic rings. The molecule has 2 heterocycles. The van der Waals surface area contributed by atoms with Crippen molar-refractivity contribution in [3.63, 3.8) is 0 Å². The highest BCUT2D eigenvalue weighted by Crippen LogP contribution is 2.24. The standard InChI is InChI=1S/C17H28N4O2/c1-2-15(13-22)20-17(23)19-10-3-14-6-11-21(12-7-14)16-4-8-18-9-5-16/h4-5,8-9,14-15,22H,2-3,6-7,10-13H2,1H3,(H2,19,20,23). The lowest BCUT2D eigenvalue weighted by atomic mass is 9.93. The summed E-state index contributed by atoms with van der Waals surface area (Å²) < 4.78 is 0. The Kier molecular flexibility index (Phi) is 7.13. The average Bonchev–Trinajstić information content (AvgIpc) is 2.61. The summed E-state index contributed by atoms with van der Waals surface area (Å²) in [6, 6.07) is 3.77. The Hall–Kier alpha value is -1.82. The normalized spacial score (nSPS) is 16.9. The first-order valence-corrected chi connectivity index (χ1v) is 8.53. The van der Waals surface area contributed by atoms with Gasteiger partial charge in [0.05, 0.1) is 12.6 Å². The molecule has 0 radical (unpaired) electrons. The maximum atomic E-state index is 11.7. The Morgan fingerprint density at radius 3 is 2.70 bits per heavy atom. The molecule has 0 aliphatic carbocycles. The zero-order valence-corrected chi connectivity index (χ0v) is 13.9. The van der Waals surface area contributed by atoms with Crippen molar-refractivity contribution in [2.45, 2.75) is 38.6 Å². The van der Waals surface area contributed by atoms with Gasteiger partial charge in [-0.3, -0.25) is 4.98 Å². The minimum Gasteiger partial charge on any atom is -0.394 e. The first kappa shape index (κ1) is 17.5. The fraction of sp³-hybridized carbons (Fsp3) is 0.647. The summed E-state index contributed by atoms with van der Waals surface area (Å²) in [4.78, 5) is 18.2. The summed E-state index contributed by atoms with van der Waals surface area (Å²) in [5.41, 5.74) is 1.24. The zero-order valence-electron chi connectivity index (χ0n) is 13.9. The summed E-state index contributed by atoms with van der Waals surface area (Å²) in [7, 11) is 0. The topological polar surface area (TPSA) is 77.5 Å². The molecule has 3 N–H and O–H groups in total. The molecule has 1 aliphatic rings. The molecule has 1 unspecified atom stereocenters. The van der Waals surface area contributed by atoms with Crippen LogP contribution in [0.4, 0.5) is 10.5 Å². The van der Waals surface area contributed by atoms with E-state index >= 15 is 0 Å². The Bertz CT molecular complexity index is 457. The predicted molar refractivity (Wildman–Crippen MR) is 91.5 cm³/mol. The Morgan fingerprint density at radius 1 is 1.39 bits per heavy atom. The molecule has 1 aliphatic heterocycles. The summed E-state index contributed by atoms with van der Waals surface area (Å²) in [5.74, 6) is 0.660. The molecule has 1 saturated heterocycles. The molecule has 1 atom stereocenters. The van der Waals surface area contributed by atoms with Crippen LogP contribution in [0.15, 0.2) is 24.5 Å². The molecule has 6 nitrogen and oxygen atoms in total. The first-order valence-electron chi connectivity index (χ1n) is 8.53. The highest BCUT2D eigenvalue weighted by Gasteiger charge is 2.19. The number of hydrogen-bond donors (Lipinski definition) is 3. The van der Waals surface area contributed by atoms with E-state index in [9.17, 15) is 4.79 Å². The van der Waals surface area contributed by atoms with Crippen LogP contribution in [0.1, 0.15) is 32.6 Å². The van der Waals surface area contributed by atoms with Gasteiger partial charge in [-0.05, 0) is 43.7 Å². The third-order valence-electron chi connectivity index (χ3n) is 4.53. The van der Waals surface area contributed by atoms with Gasteiger partial charge >= 0.3 is 6.03 Å². The molecule has 128 valence electrons. The second kappa shape index (κ2) is 9.35. The Morgan fingerprint density at radius 2 is 2.09 bits per heavy atom. The fourth-order valence-electron chi connectivity index (χ4n) is 2.94. The minimum absolute atomic E-state index is 0.0165. The second-order valence-electron chi connectivity index (χ2n) is 6.11. The van der Waals surface area contributed by atoms with Crippen LogP contribution in [0.5, 0.6) is 0 Å². The smallest absolute Gasteiger partial charge is 0.315 e. The number of amides is 2. The van der Waals surface area contributed by atoms with E-state index in [1.54, 1.807) is 0 Å². The number of hydrogen-bond acceptors (Lipinski definition) is 4. The van der Waals surface area contributed by atoms with E-state index in [1.165, 1.54) is 5.69 Å². The van der Waals surface area contributed by atoms with Crippen LogP contribution < -0.4 is 15.5 Å². The maximum Gasteiger partial charge on any atom is 0.315 e. The largest absolute Gasteiger partial charge is 0.394 e. The average molecular weight is 320 g/mol. The van der Waals surface area contributed by atoms with Crippen LogP contribution >= 0.6 is 0 Å². The van der Waals surface area contributed by atoms with Gasteiger partial charge in [0.1, 0.15) is 0 Å². The third-order valence-corrected chi connectivity index (χ3v) is 4.53. The van der Waals surface area contributed by atoms with Crippen molar-refractivity contribution in [3.8, 4) is 0 Å². The van der Waals surface area contributed by atoms with Gasteiger partial charge in [-0.15, -0.1) is 0 Å². The molecule has 2 rings (SSSR count). The van der Waals surface area contributed by atoms with E-state index in [-0.39, 0.29) is 18.7 Å². The molecule has 6 heteroatoms. The van der Waals surface area contributed by atoms with Gasteiger partial charge in [0.15, 0.2) is 0 Å². The summed E-state index contributed by atoms with van der Waals surface area (Å²) in [6.07, 6.45) is 7.71. The Labute approximate surface area is 138 Å². The number of aliphatic hydroxyl groups is 1. The van der Waals surface area contributed by atoms with Crippen molar-refractivity contribution < 1.29 is 9.90 Å². The van der Waals surface area contributed by atoms with E-state index in [0.29, 0.717) is 12.5 Å². The molecule has 0 spiro atoms. The minimum atomic E-state index is -0.180. The molecule has 23 heavy (non-hydrogen) atoms. The summed E-state index contributed by atoms with van der Waals surface area (Å²) in [5, 5.41) is 14.7. The van der Waals surface area contributed by atoms with Gasteiger partial charge in [0.25, 0.3) is 0 Å². The van der Waals surface area contributed by atoms with Crippen molar-refractivity contribution in [1.82, 2.24) is 15.6 Å². The lowest BCUT2D eigenvalue weighted by Gasteiger charge is -2.33. The van der Waals surface area contributed by atoms with E-state index in [1.807, 2.05) is 19.3 Å². The Balaban J connectivity index is 1.62. The van der Waals surface area contributed by atoms with E-state index in [4.69, 9.17) is 5.11 Å². The zero-order chi connectivity index (χ0) is 16.5. The van der Waals surface area contributed by atoms with Gasteiger partial charge in [-0.25, -0.2) is 4.79 Å². The van der Waals surface area contributed by atoms with Gasteiger partial charge in [0.2, 0.25) is 0 Å². The monoisotopic (exact) mass is 320 g/mol. The third kappa shape index (κ3) is 5.71. The van der Waals surface area contributed by atoms with Crippen molar-refractivity contribution >= 4 is 11.7 Å².